The van der Waals surface area contributed by atoms with E-state index in [0.717, 1.165) is 11.0 Å². The minimum atomic E-state index is -0.788. The number of carbonyl (C=O) groups excluding carboxylic acids is 3. The highest BCUT2D eigenvalue weighted by atomic mass is 79.9. The van der Waals surface area contributed by atoms with E-state index in [4.69, 9.17) is 0 Å². The lowest BCUT2D eigenvalue weighted by molar-refractivity contribution is -0.120. The Morgan fingerprint density at radius 2 is 2.06 bits per heavy atom. The molecule has 94 valence electrons. The summed E-state index contributed by atoms with van der Waals surface area (Å²) in [5.41, 5.74) is 0.282. The molecule has 0 saturated carbocycles. The second-order valence-corrected chi connectivity index (χ2v) is 4.75. The second kappa shape index (κ2) is 4.61. The molecule has 0 bridgehead atoms. The van der Waals surface area contributed by atoms with Crippen LogP contribution in [0.15, 0.2) is 16.6 Å². The first-order valence-corrected chi connectivity index (χ1v) is 6.12. The van der Waals surface area contributed by atoms with E-state index >= 15 is 0 Å². The Bertz CT molecular complexity index is 571. The molecule has 0 N–H and O–H groups in total. The average Bonchev–Trinajstić information content (AvgIpc) is 2.56. The molecule has 18 heavy (non-hydrogen) atoms. The van der Waals surface area contributed by atoms with E-state index in [1.54, 1.807) is 6.92 Å². The molecule has 0 spiro atoms. The summed E-state index contributed by atoms with van der Waals surface area (Å²) in [6.45, 7) is 1.46. The van der Waals surface area contributed by atoms with Gasteiger partial charge in [-0.25, -0.2) is 4.39 Å². The van der Waals surface area contributed by atoms with E-state index < -0.39 is 17.5 Å². The van der Waals surface area contributed by atoms with Gasteiger partial charge in [-0.15, -0.1) is 0 Å². The summed E-state index contributed by atoms with van der Waals surface area (Å²) < 4.78 is 13.6. The van der Waals surface area contributed by atoms with Gasteiger partial charge in [0.15, 0.2) is 5.78 Å². The van der Waals surface area contributed by atoms with Crippen LogP contribution in [0.4, 0.5) is 10.1 Å². The van der Waals surface area contributed by atoms with Crippen LogP contribution in [0.3, 0.4) is 0 Å². The lowest BCUT2D eigenvalue weighted by Crippen LogP contribution is -2.34. The molecule has 0 aliphatic carbocycles. The average molecular weight is 314 g/mol. The van der Waals surface area contributed by atoms with Gasteiger partial charge in [-0.05, 0) is 28.1 Å². The van der Waals surface area contributed by atoms with E-state index in [0.29, 0.717) is 0 Å². The van der Waals surface area contributed by atoms with Gasteiger partial charge in [0.05, 0.1) is 22.3 Å². The fourth-order valence-electron chi connectivity index (χ4n) is 1.73. The standard InChI is InChI=1S/C12H9BrFNO3/c1-2-6(16)5-15-10-4-9(14)8(13)3-7(10)11(17)12(15)18/h3-4H,2,5H2,1H3. The van der Waals surface area contributed by atoms with Gasteiger partial charge in [-0.3, -0.25) is 19.3 Å². The molecule has 0 aromatic heterocycles. The molecule has 6 heteroatoms. The molecule has 1 aliphatic heterocycles. The summed E-state index contributed by atoms with van der Waals surface area (Å²) in [5.74, 6) is -2.27. The fourth-order valence-corrected chi connectivity index (χ4v) is 2.08. The van der Waals surface area contributed by atoms with Gasteiger partial charge in [-0.1, -0.05) is 6.92 Å². The third-order valence-electron chi connectivity index (χ3n) is 2.74. The number of hydrogen-bond donors (Lipinski definition) is 0. The molecule has 0 unspecified atom stereocenters. The normalized spacial score (nSPS) is 14.1. The Labute approximate surface area is 111 Å². The van der Waals surface area contributed by atoms with E-state index in [2.05, 4.69) is 15.9 Å². The molecule has 1 aromatic carbocycles. The third kappa shape index (κ3) is 1.96. The Kier molecular flexibility index (Phi) is 3.30. The molecule has 1 heterocycles. The number of fused-ring (bicyclic) bond motifs is 1. The SMILES string of the molecule is CCC(=O)CN1C(=O)C(=O)c2cc(Br)c(F)cc21. The van der Waals surface area contributed by atoms with Gasteiger partial charge in [0.1, 0.15) is 5.82 Å². The maximum absolute atomic E-state index is 13.4. The molecule has 4 nitrogen and oxygen atoms in total. The van der Waals surface area contributed by atoms with Crippen LogP contribution >= 0.6 is 15.9 Å². The Morgan fingerprint density at radius 3 is 2.67 bits per heavy atom. The van der Waals surface area contributed by atoms with Crippen molar-refractivity contribution in [1.82, 2.24) is 0 Å². The molecule has 1 aromatic rings. The highest BCUT2D eigenvalue weighted by molar-refractivity contribution is 9.10. The van der Waals surface area contributed by atoms with Crippen LogP contribution in [0.1, 0.15) is 23.7 Å². The van der Waals surface area contributed by atoms with Crippen molar-refractivity contribution in [3.8, 4) is 0 Å². The molecule has 0 fully saturated rings. The van der Waals surface area contributed by atoms with Crippen LogP contribution in [0.25, 0.3) is 0 Å². The minimum absolute atomic E-state index is 0.117. The van der Waals surface area contributed by atoms with Crippen LogP contribution in [0.5, 0.6) is 0 Å². The molecule has 1 amide bonds. The predicted octanol–water partition coefficient (Wildman–Crippen LogP) is 2.10. The topological polar surface area (TPSA) is 54.5 Å². The first-order valence-electron chi connectivity index (χ1n) is 5.32. The zero-order valence-electron chi connectivity index (χ0n) is 9.50. The van der Waals surface area contributed by atoms with Crippen molar-refractivity contribution < 1.29 is 18.8 Å². The van der Waals surface area contributed by atoms with Crippen LogP contribution in [-0.4, -0.2) is 24.0 Å². The van der Waals surface area contributed by atoms with Gasteiger partial charge < -0.3 is 0 Å². The summed E-state index contributed by atoms with van der Waals surface area (Å²) in [5, 5.41) is 0. The smallest absolute Gasteiger partial charge is 0.298 e. The Hall–Kier alpha value is -1.56. The molecular weight excluding hydrogens is 305 g/mol. The van der Waals surface area contributed by atoms with Crippen LogP contribution in [0, 0.1) is 5.82 Å². The zero-order valence-corrected chi connectivity index (χ0v) is 11.1. The fraction of sp³-hybridized carbons (Fsp3) is 0.250. The van der Waals surface area contributed by atoms with Gasteiger partial charge >= 0.3 is 0 Å². The van der Waals surface area contributed by atoms with Gasteiger partial charge in [0.2, 0.25) is 0 Å². The molecular formula is C12H9BrFNO3. The summed E-state index contributed by atoms with van der Waals surface area (Å²) >= 11 is 2.96. The van der Waals surface area contributed by atoms with Gasteiger partial charge in [-0.2, -0.15) is 0 Å². The van der Waals surface area contributed by atoms with Crippen LogP contribution < -0.4 is 4.90 Å². The van der Waals surface area contributed by atoms with Gasteiger partial charge in [0, 0.05) is 6.42 Å². The number of carbonyl (C=O) groups is 3. The number of nitrogens with zero attached hydrogens (tertiary/aromatic N) is 1. The van der Waals surface area contributed by atoms with E-state index in [1.165, 1.54) is 6.07 Å². The Morgan fingerprint density at radius 1 is 1.39 bits per heavy atom. The molecule has 0 radical (unpaired) electrons. The minimum Gasteiger partial charge on any atom is -0.298 e. The van der Waals surface area contributed by atoms with E-state index in [9.17, 15) is 18.8 Å². The predicted molar refractivity (Wildman–Crippen MR) is 66.1 cm³/mol. The van der Waals surface area contributed by atoms with E-state index in [1.807, 2.05) is 0 Å². The maximum Gasteiger partial charge on any atom is 0.299 e. The number of rotatable bonds is 3. The molecule has 0 saturated heterocycles. The van der Waals surface area contributed by atoms with Crippen molar-refractivity contribution in [1.29, 1.82) is 0 Å². The first-order chi connectivity index (χ1) is 8.45. The third-order valence-corrected chi connectivity index (χ3v) is 3.35. The van der Waals surface area contributed by atoms with Crippen molar-refractivity contribution in [3.05, 3.63) is 28.0 Å². The number of benzene rings is 1. The van der Waals surface area contributed by atoms with Crippen molar-refractivity contribution in [2.45, 2.75) is 13.3 Å². The quantitative estimate of drug-likeness (QED) is 0.803. The summed E-state index contributed by atoms with van der Waals surface area (Å²) in [6.07, 6.45) is 0.256. The summed E-state index contributed by atoms with van der Waals surface area (Å²) in [7, 11) is 0. The summed E-state index contributed by atoms with van der Waals surface area (Å²) in [4.78, 5) is 35.8. The van der Waals surface area contributed by atoms with Crippen LogP contribution in [0.2, 0.25) is 0 Å². The van der Waals surface area contributed by atoms with Crippen molar-refractivity contribution >= 4 is 39.1 Å². The highest BCUT2D eigenvalue weighted by Crippen LogP contribution is 2.33. The molecule has 2 rings (SSSR count). The van der Waals surface area contributed by atoms with Crippen molar-refractivity contribution in [3.63, 3.8) is 0 Å². The van der Waals surface area contributed by atoms with Crippen molar-refractivity contribution in [2.75, 3.05) is 11.4 Å². The monoisotopic (exact) mass is 313 g/mol. The van der Waals surface area contributed by atoms with Crippen LogP contribution in [-0.2, 0) is 9.59 Å². The summed E-state index contributed by atoms with van der Waals surface area (Å²) in [6, 6.07) is 2.35. The maximum atomic E-state index is 13.4. The zero-order chi connectivity index (χ0) is 13.4. The largest absolute Gasteiger partial charge is 0.299 e. The number of hydrogen-bond acceptors (Lipinski definition) is 3. The number of halogens is 2. The molecule has 1 aliphatic rings. The molecule has 0 atom stereocenters. The number of Topliss-reactive ketones (excluding diaryl/α,β-unsaturated/α-hetero) is 2. The number of anilines is 1. The van der Waals surface area contributed by atoms with Crippen molar-refractivity contribution in [2.24, 2.45) is 0 Å². The number of amides is 1. The number of ketones is 2. The lowest BCUT2D eigenvalue weighted by atomic mass is 10.1. The lowest BCUT2D eigenvalue weighted by Gasteiger charge is -2.15. The highest BCUT2D eigenvalue weighted by Gasteiger charge is 2.37. The first kappa shape index (κ1) is 12.9. The Balaban J connectivity index is 2.48. The van der Waals surface area contributed by atoms with Gasteiger partial charge in [0.25, 0.3) is 11.7 Å². The van der Waals surface area contributed by atoms with E-state index in [-0.39, 0.29) is 34.5 Å². The second-order valence-electron chi connectivity index (χ2n) is 3.90.